The third-order valence-electron chi connectivity index (χ3n) is 3.98. The van der Waals surface area contributed by atoms with Crippen LogP contribution < -0.4 is 0 Å². The van der Waals surface area contributed by atoms with Crippen LogP contribution in [0.3, 0.4) is 0 Å². The molecule has 0 aliphatic carbocycles. The van der Waals surface area contributed by atoms with Crippen LogP contribution in [0.15, 0.2) is 81.7 Å². The quantitative estimate of drug-likeness (QED) is 0.186. The predicted molar refractivity (Wildman–Crippen MR) is 122 cm³/mol. The Labute approximate surface area is 206 Å². The van der Waals surface area contributed by atoms with Gasteiger partial charge in [-0.05, 0) is 48.0 Å². The molecule has 0 aliphatic rings. The van der Waals surface area contributed by atoms with E-state index in [-0.39, 0.29) is 21.8 Å². The maximum absolute atomic E-state index is 12.3. The van der Waals surface area contributed by atoms with Crippen LogP contribution in [0.4, 0.5) is 39.0 Å². The number of aliphatic imine (C=N–C) groups is 3. The molecule has 3 aromatic rings. The fourth-order valence-electron chi connectivity index (χ4n) is 2.31. The van der Waals surface area contributed by atoms with Crippen molar-refractivity contribution in [2.45, 2.75) is 19.5 Å². The van der Waals surface area contributed by atoms with Crippen LogP contribution in [0.2, 0.25) is 5.02 Å². The lowest BCUT2D eigenvalue weighted by Gasteiger charge is -2.02. The molecule has 0 unspecified atom stereocenters. The summed E-state index contributed by atoms with van der Waals surface area (Å²) in [4.78, 5) is 39.1. The number of alkyl halides is 5. The summed E-state index contributed by atoms with van der Waals surface area (Å²) >= 11 is 5.49. The van der Waals surface area contributed by atoms with Gasteiger partial charge in [0.25, 0.3) is 12.9 Å². The molecule has 0 N–H and O–H groups in total. The Bertz CT molecular complexity index is 1250. The summed E-state index contributed by atoms with van der Waals surface area (Å²) in [7, 11) is 0. The largest absolute Gasteiger partial charge is 0.266 e. The minimum atomic E-state index is -2.70. The van der Waals surface area contributed by atoms with E-state index in [4.69, 9.17) is 11.6 Å². The van der Waals surface area contributed by atoms with E-state index < -0.39 is 19.5 Å². The van der Waals surface area contributed by atoms with E-state index in [1.807, 2.05) is 0 Å². The Morgan fingerprint density at radius 2 is 1.19 bits per heavy atom. The van der Waals surface area contributed by atoms with Crippen LogP contribution in [0.25, 0.3) is 0 Å². The van der Waals surface area contributed by atoms with Gasteiger partial charge in [-0.2, -0.15) is 15.0 Å². The summed E-state index contributed by atoms with van der Waals surface area (Å²) in [6.07, 6.45) is -1.27. The first kappa shape index (κ1) is 29.8. The first-order chi connectivity index (χ1) is 17.2. The van der Waals surface area contributed by atoms with Crippen molar-refractivity contribution < 1.29 is 36.3 Å². The summed E-state index contributed by atoms with van der Waals surface area (Å²) in [5.74, 6) is 0. The fourth-order valence-corrected chi connectivity index (χ4v) is 2.49. The molecule has 0 atom stereocenters. The highest BCUT2D eigenvalue weighted by Crippen LogP contribution is 2.31. The van der Waals surface area contributed by atoms with E-state index in [1.165, 1.54) is 54.6 Å². The topological polar surface area (TPSA) is 88.3 Å². The molecule has 0 heterocycles. The average molecular weight is 524 g/mol. The molecule has 3 rings (SSSR count). The molecule has 0 aliphatic heterocycles. The Morgan fingerprint density at radius 3 is 1.61 bits per heavy atom. The smallest absolute Gasteiger partial charge is 0.246 e. The third-order valence-corrected chi connectivity index (χ3v) is 4.21. The summed E-state index contributed by atoms with van der Waals surface area (Å²) in [5.41, 5.74) is 0.853. The first-order valence-electron chi connectivity index (χ1n) is 9.59. The van der Waals surface area contributed by atoms with Gasteiger partial charge in [-0.3, -0.25) is 0 Å². The van der Waals surface area contributed by atoms with Crippen molar-refractivity contribution in [3.05, 3.63) is 88.4 Å². The van der Waals surface area contributed by atoms with Crippen molar-refractivity contribution in [3.63, 3.8) is 0 Å². The molecule has 0 saturated carbocycles. The van der Waals surface area contributed by atoms with Gasteiger partial charge in [0.15, 0.2) is 0 Å². The molecular weight excluding hydrogens is 509 g/mol. The number of benzene rings is 3. The highest BCUT2D eigenvalue weighted by molar-refractivity contribution is 6.30. The summed E-state index contributed by atoms with van der Waals surface area (Å²) in [5, 5.41) is 0.181. The second kappa shape index (κ2) is 16.4. The number of hydrogen-bond donors (Lipinski definition) is 0. The van der Waals surface area contributed by atoms with Gasteiger partial charge in [-0.15, -0.1) is 0 Å². The molecule has 0 aromatic heterocycles. The highest BCUT2D eigenvalue weighted by Gasteiger charge is 2.12. The standard InChI is InChI=1S/C8H4ClF2NO.C8H5F2NO.C8H6FNO/c9-5-1-2-7(12-4-13)6(3-5)8(10)11;9-8(10)6-1-3-7(4-2-6)11-5-12;9-5-7-1-3-8(4-2-7)10-6-11/h1-3,8H;1-4,8H;1-4H,5H2. The molecule has 0 amide bonds. The number of hydrogen-bond acceptors (Lipinski definition) is 6. The molecule has 0 radical (unpaired) electrons. The zero-order chi connectivity index (χ0) is 26.9. The zero-order valence-corrected chi connectivity index (χ0v) is 18.8. The van der Waals surface area contributed by atoms with Gasteiger partial charge >= 0.3 is 0 Å². The summed E-state index contributed by atoms with van der Waals surface area (Å²) in [6, 6.07) is 15.1. The minimum Gasteiger partial charge on any atom is -0.246 e. The molecular formula is C24H15ClF5N3O3. The lowest BCUT2D eigenvalue weighted by molar-refractivity contribution is 0.151. The Hall–Kier alpha value is -4.26. The van der Waals surface area contributed by atoms with Crippen molar-refractivity contribution in [1.29, 1.82) is 0 Å². The molecule has 6 nitrogen and oxygen atoms in total. The lowest BCUT2D eigenvalue weighted by Crippen LogP contribution is -1.84. The van der Waals surface area contributed by atoms with Crippen molar-refractivity contribution in [1.82, 2.24) is 0 Å². The Balaban J connectivity index is 0.000000271. The molecule has 0 saturated heterocycles. The van der Waals surface area contributed by atoms with Gasteiger partial charge in [0, 0.05) is 16.1 Å². The fraction of sp³-hybridized carbons (Fsp3) is 0.125. The summed E-state index contributed by atoms with van der Waals surface area (Å²) in [6.45, 7) is -0.495. The van der Waals surface area contributed by atoms with Crippen molar-refractivity contribution in [2.75, 3.05) is 0 Å². The van der Waals surface area contributed by atoms with Gasteiger partial charge in [-0.25, -0.2) is 36.3 Å². The monoisotopic (exact) mass is 523 g/mol. The predicted octanol–water partition coefficient (Wildman–Crippen LogP) is 7.96. The number of isocyanates is 3. The molecule has 0 bridgehead atoms. The summed E-state index contributed by atoms with van der Waals surface area (Å²) < 4.78 is 60.5. The zero-order valence-electron chi connectivity index (χ0n) is 18.0. The van der Waals surface area contributed by atoms with Gasteiger partial charge < -0.3 is 0 Å². The van der Waals surface area contributed by atoms with Crippen molar-refractivity contribution >= 4 is 46.9 Å². The van der Waals surface area contributed by atoms with Crippen LogP contribution in [0.5, 0.6) is 0 Å². The van der Waals surface area contributed by atoms with E-state index in [2.05, 4.69) is 15.0 Å². The third kappa shape index (κ3) is 10.8. The maximum Gasteiger partial charge on any atom is 0.266 e. The van der Waals surface area contributed by atoms with Gasteiger partial charge in [-0.1, -0.05) is 35.9 Å². The number of carbonyl (C=O) groups excluding carboxylic acids is 3. The molecule has 3 aromatic carbocycles. The van der Waals surface area contributed by atoms with Crippen molar-refractivity contribution in [3.8, 4) is 0 Å². The molecule has 186 valence electrons. The van der Waals surface area contributed by atoms with Crippen LogP contribution in [0.1, 0.15) is 29.5 Å². The second-order valence-corrected chi connectivity index (χ2v) is 6.74. The number of nitrogens with zero attached hydrogens (tertiary/aromatic N) is 3. The second-order valence-electron chi connectivity index (χ2n) is 6.31. The van der Waals surface area contributed by atoms with E-state index in [1.54, 1.807) is 24.3 Å². The van der Waals surface area contributed by atoms with Crippen LogP contribution in [0, 0.1) is 0 Å². The first-order valence-corrected chi connectivity index (χ1v) is 9.97. The number of rotatable bonds is 6. The lowest BCUT2D eigenvalue weighted by atomic mass is 10.2. The van der Waals surface area contributed by atoms with E-state index in [9.17, 15) is 36.3 Å². The van der Waals surface area contributed by atoms with Crippen LogP contribution in [-0.2, 0) is 21.1 Å². The van der Waals surface area contributed by atoms with E-state index >= 15 is 0 Å². The van der Waals surface area contributed by atoms with Gasteiger partial charge in [0.2, 0.25) is 18.2 Å². The van der Waals surface area contributed by atoms with Gasteiger partial charge in [0.05, 0.1) is 17.1 Å². The Morgan fingerprint density at radius 1 is 0.694 bits per heavy atom. The highest BCUT2D eigenvalue weighted by atomic mass is 35.5. The molecule has 0 spiro atoms. The normalized spacial score (nSPS) is 9.44. The molecule has 12 heteroatoms. The van der Waals surface area contributed by atoms with Gasteiger partial charge in [0.1, 0.15) is 6.67 Å². The Kier molecular flexibility index (Phi) is 13.5. The minimum absolute atomic E-state index is 0.0835. The van der Waals surface area contributed by atoms with Crippen molar-refractivity contribution in [2.24, 2.45) is 15.0 Å². The maximum atomic E-state index is 12.3. The molecule has 0 fully saturated rings. The number of halogens is 6. The SMILES string of the molecule is O=C=Nc1ccc(C(F)F)cc1.O=C=Nc1ccc(CF)cc1.O=C=Nc1ccc(Cl)cc1C(F)F. The van der Waals surface area contributed by atoms with Crippen LogP contribution >= 0.6 is 11.6 Å². The van der Waals surface area contributed by atoms with Crippen LogP contribution in [-0.4, -0.2) is 18.2 Å². The molecule has 36 heavy (non-hydrogen) atoms. The van der Waals surface area contributed by atoms with E-state index in [0.717, 1.165) is 6.07 Å². The van der Waals surface area contributed by atoms with E-state index in [0.29, 0.717) is 16.9 Å². The average Bonchev–Trinajstić information content (AvgIpc) is 2.87.